The van der Waals surface area contributed by atoms with Crippen LogP contribution in [-0.2, 0) is 17.8 Å². The van der Waals surface area contributed by atoms with Gasteiger partial charge < -0.3 is 10.1 Å². The Morgan fingerprint density at radius 1 is 1.45 bits per heavy atom. The van der Waals surface area contributed by atoms with Crippen molar-refractivity contribution in [3.05, 3.63) is 45.9 Å². The van der Waals surface area contributed by atoms with Gasteiger partial charge in [-0.2, -0.15) is 0 Å². The fourth-order valence-electron chi connectivity index (χ4n) is 1.85. The zero-order valence-corrected chi connectivity index (χ0v) is 12.5. The summed E-state index contributed by atoms with van der Waals surface area (Å²) in [7, 11) is 1.64. The van der Waals surface area contributed by atoms with Gasteiger partial charge in [0, 0.05) is 17.5 Å². The van der Waals surface area contributed by atoms with Crippen LogP contribution in [0.4, 0.5) is 0 Å². The number of rotatable bonds is 6. The molecule has 2 aromatic rings. The number of hydrogen-bond donors (Lipinski definition) is 1. The van der Waals surface area contributed by atoms with E-state index in [2.05, 4.69) is 10.3 Å². The molecule has 1 N–H and O–H groups in total. The van der Waals surface area contributed by atoms with Crippen LogP contribution in [0.5, 0.6) is 5.75 Å². The predicted molar refractivity (Wildman–Crippen MR) is 80.0 cm³/mol. The van der Waals surface area contributed by atoms with E-state index in [1.165, 1.54) is 0 Å². The normalized spacial score (nSPS) is 10.3. The molecule has 1 heterocycles. The maximum Gasteiger partial charge on any atom is 0.220 e. The highest BCUT2D eigenvalue weighted by Gasteiger charge is 2.04. The Morgan fingerprint density at radius 3 is 3.00 bits per heavy atom. The molecule has 0 aliphatic carbocycles. The van der Waals surface area contributed by atoms with Crippen molar-refractivity contribution in [2.45, 2.75) is 26.3 Å². The summed E-state index contributed by atoms with van der Waals surface area (Å²) in [5.41, 5.74) is 1.10. The van der Waals surface area contributed by atoms with Gasteiger partial charge >= 0.3 is 0 Å². The first-order chi connectivity index (χ1) is 9.67. The summed E-state index contributed by atoms with van der Waals surface area (Å²) in [5.74, 6) is 0.877. The molecule has 20 heavy (non-hydrogen) atoms. The molecule has 5 heteroatoms. The predicted octanol–water partition coefficient (Wildman–Crippen LogP) is 2.71. The Kier molecular flexibility index (Phi) is 5.12. The molecule has 0 unspecified atom stereocenters. The Hall–Kier alpha value is -1.88. The van der Waals surface area contributed by atoms with Crippen LogP contribution in [0, 0.1) is 6.92 Å². The summed E-state index contributed by atoms with van der Waals surface area (Å²) in [4.78, 5) is 17.0. The highest BCUT2D eigenvalue weighted by molar-refractivity contribution is 7.11. The smallest absolute Gasteiger partial charge is 0.220 e. The molecule has 0 aliphatic heterocycles. The zero-order valence-electron chi connectivity index (χ0n) is 11.7. The van der Waals surface area contributed by atoms with Crippen molar-refractivity contribution in [1.82, 2.24) is 10.3 Å². The summed E-state index contributed by atoms with van der Waals surface area (Å²) >= 11 is 1.61. The number of thiazole rings is 1. The van der Waals surface area contributed by atoms with Crippen LogP contribution in [0.2, 0.25) is 0 Å². The first kappa shape index (κ1) is 14.5. The van der Waals surface area contributed by atoms with Gasteiger partial charge in [0.25, 0.3) is 0 Å². The van der Waals surface area contributed by atoms with Crippen molar-refractivity contribution in [3.63, 3.8) is 0 Å². The van der Waals surface area contributed by atoms with Crippen LogP contribution < -0.4 is 10.1 Å². The summed E-state index contributed by atoms with van der Waals surface area (Å²) in [6.07, 6.45) is 3.00. The molecule has 2 rings (SSSR count). The third-order valence-electron chi connectivity index (χ3n) is 2.90. The molecule has 0 aliphatic rings. The molecule has 0 spiro atoms. The molecule has 0 atom stereocenters. The third kappa shape index (κ3) is 4.35. The van der Waals surface area contributed by atoms with E-state index >= 15 is 0 Å². The van der Waals surface area contributed by atoms with Crippen molar-refractivity contribution in [2.75, 3.05) is 7.11 Å². The number of nitrogens with one attached hydrogen (secondary N) is 1. The van der Waals surface area contributed by atoms with Gasteiger partial charge in [0.2, 0.25) is 5.91 Å². The molecule has 0 radical (unpaired) electrons. The number of amides is 1. The standard InChI is InChI=1S/C15H18N2O2S/c1-11-16-9-14(20-11)10-17-15(18)7-6-12-4-3-5-13(8-12)19-2/h3-5,8-9H,6-7,10H2,1-2H3,(H,17,18). The van der Waals surface area contributed by atoms with Crippen molar-refractivity contribution in [1.29, 1.82) is 0 Å². The number of carbonyl (C=O) groups excluding carboxylic acids is 1. The quantitative estimate of drug-likeness (QED) is 0.890. The second-order valence-corrected chi connectivity index (χ2v) is 5.79. The summed E-state index contributed by atoms with van der Waals surface area (Å²) < 4.78 is 5.16. The fourth-order valence-corrected chi connectivity index (χ4v) is 2.58. The summed E-state index contributed by atoms with van der Waals surface area (Å²) in [6.45, 7) is 2.52. The van der Waals surface area contributed by atoms with E-state index in [0.717, 1.165) is 21.2 Å². The lowest BCUT2D eigenvalue weighted by molar-refractivity contribution is -0.121. The van der Waals surface area contributed by atoms with Crippen LogP contribution in [0.3, 0.4) is 0 Å². The Bertz CT molecular complexity index is 581. The van der Waals surface area contributed by atoms with Gasteiger partial charge in [0.1, 0.15) is 5.75 Å². The summed E-state index contributed by atoms with van der Waals surface area (Å²) in [5, 5.41) is 3.93. The van der Waals surface area contributed by atoms with E-state index < -0.39 is 0 Å². The van der Waals surface area contributed by atoms with Crippen LogP contribution in [0.15, 0.2) is 30.5 Å². The molecule has 1 aromatic carbocycles. The average molecular weight is 290 g/mol. The van der Waals surface area contributed by atoms with E-state index in [4.69, 9.17) is 4.74 Å². The lowest BCUT2D eigenvalue weighted by Gasteiger charge is -2.05. The topological polar surface area (TPSA) is 51.2 Å². The number of hydrogen-bond acceptors (Lipinski definition) is 4. The largest absolute Gasteiger partial charge is 0.497 e. The molecule has 1 amide bonds. The van der Waals surface area contributed by atoms with E-state index in [1.54, 1.807) is 18.4 Å². The lowest BCUT2D eigenvalue weighted by atomic mass is 10.1. The third-order valence-corrected chi connectivity index (χ3v) is 3.82. The van der Waals surface area contributed by atoms with Crippen LogP contribution in [0.25, 0.3) is 0 Å². The highest BCUT2D eigenvalue weighted by atomic mass is 32.1. The molecule has 4 nitrogen and oxygen atoms in total. The number of methoxy groups -OCH3 is 1. The van der Waals surface area contributed by atoms with Gasteiger partial charge in [0.05, 0.1) is 18.7 Å². The van der Waals surface area contributed by atoms with E-state index in [1.807, 2.05) is 37.4 Å². The molecular weight excluding hydrogens is 272 g/mol. The Morgan fingerprint density at radius 2 is 2.30 bits per heavy atom. The molecule has 0 bridgehead atoms. The minimum Gasteiger partial charge on any atom is -0.497 e. The van der Waals surface area contributed by atoms with Crippen molar-refractivity contribution in [3.8, 4) is 5.75 Å². The molecule has 106 valence electrons. The number of aromatic nitrogens is 1. The van der Waals surface area contributed by atoms with Gasteiger partial charge in [0.15, 0.2) is 0 Å². The minimum atomic E-state index is 0.0545. The Labute approximate surface area is 122 Å². The Balaban J connectivity index is 1.77. The van der Waals surface area contributed by atoms with Gasteiger partial charge in [-0.05, 0) is 31.0 Å². The van der Waals surface area contributed by atoms with E-state index in [9.17, 15) is 4.79 Å². The molecule has 0 saturated carbocycles. The molecule has 1 aromatic heterocycles. The van der Waals surface area contributed by atoms with E-state index in [-0.39, 0.29) is 5.91 Å². The average Bonchev–Trinajstić information content (AvgIpc) is 2.89. The monoisotopic (exact) mass is 290 g/mol. The first-order valence-corrected chi connectivity index (χ1v) is 7.30. The molecule has 0 fully saturated rings. The molecule has 0 saturated heterocycles. The van der Waals surface area contributed by atoms with Gasteiger partial charge in [-0.3, -0.25) is 4.79 Å². The number of ether oxygens (including phenoxy) is 1. The zero-order chi connectivity index (χ0) is 14.4. The van der Waals surface area contributed by atoms with E-state index in [0.29, 0.717) is 19.4 Å². The lowest BCUT2D eigenvalue weighted by Crippen LogP contribution is -2.22. The number of aryl methyl sites for hydroxylation is 2. The minimum absolute atomic E-state index is 0.0545. The van der Waals surface area contributed by atoms with Crippen molar-refractivity contribution < 1.29 is 9.53 Å². The van der Waals surface area contributed by atoms with Gasteiger partial charge in [-0.15, -0.1) is 11.3 Å². The van der Waals surface area contributed by atoms with Gasteiger partial charge in [-0.25, -0.2) is 4.98 Å². The van der Waals surface area contributed by atoms with Crippen LogP contribution >= 0.6 is 11.3 Å². The SMILES string of the molecule is COc1cccc(CCC(=O)NCc2cnc(C)s2)c1. The van der Waals surface area contributed by atoms with Crippen molar-refractivity contribution in [2.24, 2.45) is 0 Å². The highest BCUT2D eigenvalue weighted by Crippen LogP contribution is 2.14. The maximum atomic E-state index is 11.8. The summed E-state index contributed by atoms with van der Waals surface area (Å²) in [6, 6.07) is 7.80. The number of carbonyl (C=O) groups is 1. The second kappa shape index (κ2) is 7.05. The maximum absolute atomic E-state index is 11.8. The van der Waals surface area contributed by atoms with Gasteiger partial charge in [-0.1, -0.05) is 12.1 Å². The number of nitrogens with zero attached hydrogens (tertiary/aromatic N) is 1. The fraction of sp³-hybridized carbons (Fsp3) is 0.333. The molecular formula is C15H18N2O2S. The van der Waals surface area contributed by atoms with Crippen molar-refractivity contribution >= 4 is 17.2 Å². The van der Waals surface area contributed by atoms with Crippen LogP contribution in [-0.4, -0.2) is 18.0 Å². The number of benzene rings is 1. The first-order valence-electron chi connectivity index (χ1n) is 6.48. The second-order valence-electron chi connectivity index (χ2n) is 4.47. The van der Waals surface area contributed by atoms with Crippen LogP contribution in [0.1, 0.15) is 21.9 Å².